The molecule has 1 atom stereocenters. The Hall–Kier alpha value is -1.01. The van der Waals surface area contributed by atoms with Crippen LogP contribution >= 0.6 is 0 Å². The third kappa shape index (κ3) is 6.50. The van der Waals surface area contributed by atoms with Crippen molar-refractivity contribution in [1.82, 2.24) is 5.32 Å². The molecule has 0 bridgehead atoms. The van der Waals surface area contributed by atoms with Gasteiger partial charge in [0.1, 0.15) is 0 Å². The van der Waals surface area contributed by atoms with Crippen LogP contribution in [0.5, 0.6) is 0 Å². The van der Waals surface area contributed by atoms with Crippen molar-refractivity contribution in [2.45, 2.75) is 45.1 Å². The number of hydrogen-bond donors (Lipinski definition) is 2. The van der Waals surface area contributed by atoms with Crippen LogP contribution in [0.3, 0.4) is 0 Å². The van der Waals surface area contributed by atoms with Gasteiger partial charge >= 0.3 is 0 Å². The predicted octanol–water partition coefficient (Wildman–Crippen LogP) is 1.03. The minimum atomic E-state index is -0.114. The fourth-order valence-corrected chi connectivity index (χ4v) is 1.13. The number of unbranched alkanes of at least 4 members (excludes halogenated alkanes) is 2. The van der Waals surface area contributed by atoms with Crippen molar-refractivity contribution in [2.24, 2.45) is 5.73 Å². The van der Waals surface area contributed by atoms with E-state index in [9.17, 15) is 4.79 Å². The second-order valence-electron chi connectivity index (χ2n) is 3.29. The Morgan fingerprint density at radius 3 is 2.71 bits per heavy atom. The average Bonchev–Trinajstić information content (AvgIpc) is 2.21. The zero-order valence-corrected chi connectivity index (χ0v) is 8.88. The Morgan fingerprint density at radius 1 is 1.50 bits per heavy atom. The Kier molecular flexibility index (Phi) is 7.96. The lowest BCUT2D eigenvalue weighted by atomic mass is 10.1. The van der Waals surface area contributed by atoms with Gasteiger partial charge in [0.05, 0.1) is 6.04 Å². The minimum Gasteiger partial charge on any atom is -0.342 e. The molecule has 0 fully saturated rings. The Labute approximate surface area is 86.4 Å². The van der Waals surface area contributed by atoms with E-state index in [0.717, 1.165) is 25.7 Å². The van der Waals surface area contributed by atoms with Crippen LogP contribution in [-0.2, 0) is 4.79 Å². The molecular formula is C11H20N2O. The number of terminal acetylenes is 1. The number of nitrogens with one attached hydrogen (secondary N) is 1. The van der Waals surface area contributed by atoms with Gasteiger partial charge < -0.3 is 11.1 Å². The zero-order chi connectivity index (χ0) is 10.8. The van der Waals surface area contributed by atoms with Crippen LogP contribution in [0.15, 0.2) is 0 Å². The lowest BCUT2D eigenvalue weighted by Crippen LogP contribution is -2.32. The van der Waals surface area contributed by atoms with Crippen molar-refractivity contribution in [1.29, 1.82) is 0 Å². The fourth-order valence-electron chi connectivity index (χ4n) is 1.13. The number of carbonyl (C=O) groups excluding carboxylic acids is 1. The first-order valence-electron chi connectivity index (χ1n) is 5.20. The third-order valence-electron chi connectivity index (χ3n) is 2.05. The molecule has 0 aliphatic rings. The van der Waals surface area contributed by atoms with Crippen LogP contribution in [0.25, 0.3) is 0 Å². The van der Waals surface area contributed by atoms with E-state index in [1.165, 1.54) is 0 Å². The van der Waals surface area contributed by atoms with E-state index < -0.39 is 0 Å². The molecule has 0 rings (SSSR count). The van der Waals surface area contributed by atoms with Crippen molar-refractivity contribution in [3.05, 3.63) is 0 Å². The summed E-state index contributed by atoms with van der Waals surface area (Å²) in [7, 11) is 0. The van der Waals surface area contributed by atoms with Crippen LogP contribution < -0.4 is 11.1 Å². The van der Waals surface area contributed by atoms with Gasteiger partial charge in [0.15, 0.2) is 0 Å². The second kappa shape index (κ2) is 8.58. The molecule has 0 aromatic heterocycles. The summed E-state index contributed by atoms with van der Waals surface area (Å²) in [6, 6.07) is -0.114. The summed E-state index contributed by atoms with van der Waals surface area (Å²) in [6.07, 6.45) is 9.45. The summed E-state index contributed by atoms with van der Waals surface area (Å²) >= 11 is 0. The monoisotopic (exact) mass is 196 g/mol. The summed E-state index contributed by atoms with van der Waals surface area (Å²) < 4.78 is 0. The summed E-state index contributed by atoms with van der Waals surface area (Å²) in [6.45, 7) is 2.66. The Morgan fingerprint density at radius 2 is 2.21 bits per heavy atom. The van der Waals surface area contributed by atoms with Crippen molar-refractivity contribution in [2.75, 3.05) is 6.54 Å². The van der Waals surface area contributed by atoms with Gasteiger partial charge in [-0.3, -0.25) is 4.79 Å². The van der Waals surface area contributed by atoms with Gasteiger partial charge in [-0.05, 0) is 25.8 Å². The van der Waals surface area contributed by atoms with Crippen molar-refractivity contribution in [3.8, 4) is 12.3 Å². The fraction of sp³-hybridized carbons (Fsp3) is 0.727. The highest BCUT2D eigenvalue weighted by Gasteiger charge is 2.06. The average molecular weight is 196 g/mol. The summed E-state index contributed by atoms with van der Waals surface area (Å²) in [4.78, 5) is 11.3. The predicted molar refractivity (Wildman–Crippen MR) is 58.6 cm³/mol. The van der Waals surface area contributed by atoms with E-state index >= 15 is 0 Å². The lowest BCUT2D eigenvalue weighted by Gasteiger charge is -2.10. The van der Waals surface area contributed by atoms with E-state index in [1.807, 2.05) is 6.92 Å². The molecule has 1 unspecified atom stereocenters. The number of amides is 1. The smallest absolute Gasteiger partial charge is 0.220 e. The van der Waals surface area contributed by atoms with E-state index in [2.05, 4.69) is 11.2 Å². The number of nitrogens with two attached hydrogens (primary N) is 1. The maximum Gasteiger partial charge on any atom is 0.220 e. The van der Waals surface area contributed by atoms with Gasteiger partial charge in [0, 0.05) is 6.42 Å². The first-order chi connectivity index (χ1) is 6.74. The number of carbonyl (C=O) groups is 1. The molecule has 3 heteroatoms. The molecule has 0 aromatic carbocycles. The van der Waals surface area contributed by atoms with E-state index in [0.29, 0.717) is 13.0 Å². The van der Waals surface area contributed by atoms with Gasteiger partial charge in [-0.1, -0.05) is 19.3 Å². The van der Waals surface area contributed by atoms with Crippen LogP contribution in [0.1, 0.15) is 39.0 Å². The van der Waals surface area contributed by atoms with Gasteiger partial charge in [0.2, 0.25) is 5.91 Å². The summed E-state index contributed by atoms with van der Waals surface area (Å²) in [5.41, 5.74) is 5.34. The van der Waals surface area contributed by atoms with Crippen molar-refractivity contribution < 1.29 is 4.79 Å². The quantitative estimate of drug-likeness (QED) is 0.472. The first-order valence-corrected chi connectivity index (χ1v) is 5.20. The van der Waals surface area contributed by atoms with Gasteiger partial charge in [-0.2, -0.15) is 0 Å². The normalized spacial score (nSPS) is 11.8. The van der Waals surface area contributed by atoms with E-state index in [1.54, 1.807) is 0 Å². The largest absolute Gasteiger partial charge is 0.342 e. The van der Waals surface area contributed by atoms with Crippen molar-refractivity contribution in [3.63, 3.8) is 0 Å². The van der Waals surface area contributed by atoms with Crippen LogP contribution in [-0.4, -0.2) is 18.5 Å². The van der Waals surface area contributed by atoms with Gasteiger partial charge in [-0.15, -0.1) is 6.42 Å². The molecule has 0 aromatic rings. The molecule has 0 spiro atoms. The van der Waals surface area contributed by atoms with Crippen molar-refractivity contribution >= 4 is 5.91 Å². The number of hydrogen-bond acceptors (Lipinski definition) is 2. The molecule has 0 aliphatic heterocycles. The number of rotatable bonds is 7. The summed E-state index contributed by atoms with van der Waals surface area (Å²) in [5.74, 6) is 2.58. The third-order valence-corrected chi connectivity index (χ3v) is 2.05. The molecule has 0 aliphatic carbocycles. The molecular weight excluding hydrogens is 176 g/mol. The lowest BCUT2D eigenvalue weighted by molar-refractivity contribution is -0.121. The maximum absolute atomic E-state index is 11.3. The van der Waals surface area contributed by atoms with Crippen LogP contribution in [0.2, 0.25) is 0 Å². The molecule has 0 saturated carbocycles. The van der Waals surface area contributed by atoms with Gasteiger partial charge in [-0.25, -0.2) is 0 Å². The highest BCUT2D eigenvalue weighted by molar-refractivity contribution is 5.76. The highest BCUT2D eigenvalue weighted by Crippen LogP contribution is 1.99. The van der Waals surface area contributed by atoms with E-state index in [4.69, 9.17) is 12.2 Å². The SMILES string of the molecule is C#CC(CC)NC(=O)CCCCCN. The standard InChI is InChI=1S/C11H20N2O/c1-3-10(4-2)13-11(14)8-6-5-7-9-12/h1,10H,4-9,12H2,2H3,(H,13,14). The maximum atomic E-state index is 11.3. The summed E-state index contributed by atoms with van der Waals surface area (Å²) in [5, 5.41) is 2.79. The zero-order valence-electron chi connectivity index (χ0n) is 8.88. The Bertz CT molecular complexity index is 196. The molecule has 14 heavy (non-hydrogen) atoms. The topological polar surface area (TPSA) is 55.1 Å². The molecule has 80 valence electrons. The molecule has 0 radical (unpaired) electrons. The molecule has 1 amide bonds. The Balaban J connectivity index is 3.50. The van der Waals surface area contributed by atoms with E-state index in [-0.39, 0.29) is 11.9 Å². The molecule has 0 saturated heterocycles. The highest BCUT2D eigenvalue weighted by atomic mass is 16.1. The molecule has 3 nitrogen and oxygen atoms in total. The second-order valence-corrected chi connectivity index (χ2v) is 3.29. The molecule has 3 N–H and O–H groups in total. The molecule has 0 heterocycles. The van der Waals surface area contributed by atoms with Crippen LogP contribution in [0, 0.1) is 12.3 Å². The minimum absolute atomic E-state index is 0.0480. The van der Waals surface area contributed by atoms with Gasteiger partial charge in [0.25, 0.3) is 0 Å². The van der Waals surface area contributed by atoms with Crippen LogP contribution in [0.4, 0.5) is 0 Å². The first kappa shape index (κ1) is 13.0.